The predicted molar refractivity (Wildman–Crippen MR) is 161 cm³/mol. The topological polar surface area (TPSA) is 154 Å². The van der Waals surface area contributed by atoms with Crippen LogP contribution in [0.15, 0.2) is 66.0 Å². The number of methoxy groups -OCH3 is 1. The molecule has 3 rings (SSSR count). The van der Waals surface area contributed by atoms with E-state index in [1.54, 1.807) is 18.4 Å². The zero-order chi connectivity index (χ0) is 31.1. The number of rotatable bonds is 15. The standard InChI is InChI=1S/C25H29NO2S.C6H8O7/c1-4-26(5-2)16-17-28-23-14-10-21(11-15-23)24(25-7-6-18-29-25)19-20-8-12-22(27-3)13-9-20;7-3(8)1-6(13,5(11)12)2-4(9)10/h6-15,18-19H,4-5,16-17H2,1-3H3;13H,1-2H2,(H,7,8)(H,9,10)(H,11,12). The van der Waals surface area contributed by atoms with Gasteiger partial charge in [-0.3, -0.25) is 9.59 Å². The van der Waals surface area contributed by atoms with Crippen LogP contribution in [-0.2, 0) is 14.4 Å². The molecule has 0 saturated carbocycles. The number of carboxylic acid groups (broad SMARTS) is 3. The summed E-state index contributed by atoms with van der Waals surface area (Å²) < 4.78 is 11.2. The summed E-state index contributed by atoms with van der Waals surface area (Å²) in [7, 11) is 1.69. The Morgan fingerprint density at radius 3 is 1.90 bits per heavy atom. The maximum Gasteiger partial charge on any atom is 0.336 e. The summed E-state index contributed by atoms with van der Waals surface area (Å²) in [6.07, 6.45) is -0.0647. The number of benzene rings is 2. The summed E-state index contributed by atoms with van der Waals surface area (Å²) in [5.41, 5.74) is 0.797. The Kier molecular flexibility index (Phi) is 13.7. The molecule has 1 heterocycles. The molecule has 0 spiro atoms. The fourth-order valence-electron chi connectivity index (χ4n) is 3.87. The molecule has 1 aromatic heterocycles. The number of carboxylic acids is 3. The highest BCUT2D eigenvalue weighted by Crippen LogP contribution is 2.31. The Hall–Kier alpha value is -4.19. The molecule has 11 heteroatoms. The van der Waals surface area contributed by atoms with E-state index >= 15 is 0 Å². The maximum absolute atomic E-state index is 10.3. The van der Waals surface area contributed by atoms with Crippen molar-refractivity contribution in [1.82, 2.24) is 4.90 Å². The molecule has 0 aliphatic heterocycles. The Morgan fingerprint density at radius 2 is 1.45 bits per heavy atom. The summed E-state index contributed by atoms with van der Waals surface area (Å²) in [6, 6.07) is 20.8. The number of thiophene rings is 1. The molecule has 0 amide bonds. The van der Waals surface area contributed by atoms with Crippen LogP contribution in [0.5, 0.6) is 11.5 Å². The first-order valence-electron chi connectivity index (χ1n) is 13.3. The van der Waals surface area contributed by atoms with E-state index in [2.05, 4.69) is 78.7 Å². The minimum atomic E-state index is -2.74. The van der Waals surface area contributed by atoms with Crippen LogP contribution >= 0.6 is 11.3 Å². The third-order valence-corrected chi connectivity index (χ3v) is 7.14. The fraction of sp³-hybridized carbons (Fsp3) is 0.323. The smallest absolute Gasteiger partial charge is 0.336 e. The molecule has 0 unspecified atom stereocenters. The summed E-state index contributed by atoms with van der Waals surface area (Å²) in [6.45, 7) is 8.13. The third kappa shape index (κ3) is 11.0. The van der Waals surface area contributed by atoms with Gasteiger partial charge < -0.3 is 34.8 Å². The van der Waals surface area contributed by atoms with Crippen LogP contribution in [0.2, 0.25) is 0 Å². The van der Waals surface area contributed by atoms with Crippen molar-refractivity contribution >= 4 is 40.9 Å². The van der Waals surface area contributed by atoms with Crippen LogP contribution in [0.4, 0.5) is 0 Å². The van der Waals surface area contributed by atoms with Crippen molar-refractivity contribution in [3.8, 4) is 11.5 Å². The van der Waals surface area contributed by atoms with E-state index in [1.807, 2.05) is 12.1 Å². The van der Waals surface area contributed by atoms with Gasteiger partial charge in [-0.25, -0.2) is 4.79 Å². The van der Waals surface area contributed by atoms with Crippen molar-refractivity contribution in [3.63, 3.8) is 0 Å². The molecule has 3 aromatic rings. The average molecular weight is 600 g/mol. The van der Waals surface area contributed by atoms with Crippen LogP contribution in [0, 0.1) is 0 Å². The van der Waals surface area contributed by atoms with Crippen LogP contribution in [0.25, 0.3) is 11.6 Å². The van der Waals surface area contributed by atoms with Gasteiger partial charge in [0.05, 0.1) is 20.0 Å². The first-order chi connectivity index (χ1) is 20.0. The largest absolute Gasteiger partial charge is 0.497 e. The molecule has 42 heavy (non-hydrogen) atoms. The normalized spacial score (nSPS) is 11.4. The minimum absolute atomic E-state index is 0.709. The molecule has 10 nitrogen and oxygen atoms in total. The number of aliphatic hydroxyl groups is 1. The lowest BCUT2D eigenvalue weighted by molar-refractivity contribution is -0.170. The average Bonchev–Trinajstić information content (AvgIpc) is 3.49. The van der Waals surface area contributed by atoms with Gasteiger partial charge in [0.15, 0.2) is 5.60 Å². The van der Waals surface area contributed by atoms with Crippen LogP contribution in [0.1, 0.15) is 42.7 Å². The number of hydrogen-bond donors (Lipinski definition) is 4. The Bertz CT molecular complexity index is 1280. The van der Waals surface area contributed by atoms with Crippen molar-refractivity contribution in [3.05, 3.63) is 82.0 Å². The molecule has 0 radical (unpaired) electrons. The molecule has 0 saturated heterocycles. The van der Waals surface area contributed by atoms with Gasteiger partial charge >= 0.3 is 17.9 Å². The monoisotopic (exact) mass is 599 g/mol. The number of aliphatic carboxylic acids is 3. The molecule has 0 fully saturated rings. The molecular formula is C31H37NO9S. The second-order valence-corrected chi connectivity index (χ2v) is 10.1. The third-order valence-electron chi connectivity index (χ3n) is 6.23. The van der Waals surface area contributed by atoms with Gasteiger partial charge in [-0.05, 0) is 71.6 Å². The highest BCUT2D eigenvalue weighted by molar-refractivity contribution is 7.11. The zero-order valence-electron chi connectivity index (χ0n) is 23.9. The minimum Gasteiger partial charge on any atom is -0.497 e. The predicted octanol–water partition coefficient (Wildman–Crippen LogP) is 4.82. The van der Waals surface area contributed by atoms with Crippen LogP contribution < -0.4 is 9.47 Å². The van der Waals surface area contributed by atoms with E-state index in [1.165, 1.54) is 16.0 Å². The Labute approximate surface area is 249 Å². The fourth-order valence-corrected chi connectivity index (χ4v) is 4.64. The SMILES string of the molecule is CCN(CC)CCOc1ccc(C(=Cc2ccc(OC)cc2)c2cccs2)cc1.O=C(O)CC(O)(CC(=O)O)C(=O)O. The highest BCUT2D eigenvalue weighted by Gasteiger charge is 2.40. The second kappa shape index (κ2) is 16.9. The lowest BCUT2D eigenvalue weighted by atomic mass is 9.96. The summed E-state index contributed by atoms with van der Waals surface area (Å²) in [5.74, 6) is -3.24. The van der Waals surface area contributed by atoms with Crippen molar-refractivity contribution in [2.45, 2.75) is 32.3 Å². The van der Waals surface area contributed by atoms with E-state index in [0.29, 0.717) is 6.61 Å². The second-order valence-electron chi connectivity index (χ2n) is 9.19. The van der Waals surface area contributed by atoms with Gasteiger partial charge in [0.25, 0.3) is 0 Å². The summed E-state index contributed by atoms with van der Waals surface area (Å²) >= 11 is 1.75. The molecule has 0 aliphatic carbocycles. The molecule has 0 bridgehead atoms. The van der Waals surface area contributed by atoms with Crippen molar-refractivity contribution < 1.29 is 44.3 Å². The van der Waals surface area contributed by atoms with E-state index < -0.39 is 36.4 Å². The molecule has 0 atom stereocenters. The molecule has 226 valence electrons. The Morgan fingerprint density at radius 1 is 0.881 bits per heavy atom. The lowest BCUT2D eigenvalue weighted by Crippen LogP contribution is -2.42. The van der Waals surface area contributed by atoms with E-state index in [0.717, 1.165) is 36.7 Å². The molecular weight excluding hydrogens is 562 g/mol. The van der Waals surface area contributed by atoms with Gasteiger partial charge in [0, 0.05) is 11.4 Å². The van der Waals surface area contributed by atoms with E-state index in [4.69, 9.17) is 29.9 Å². The van der Waals surface area contributed by atoms with Crippen LogP contribution in [-0.4, -0.2) is 82.2 Å². The number of likely N-dealkylation sites (N-methyl/N-ethyl adjacent to an activating group) is 1. The summed E-state index contributed by atoms with van der Waals surface area (Å²) in [4.78, 5) is 34.1. The van der Waals surface area contributed by atoms with Crippen molar-refractivity contribution in [2.24, 2.45) is 0 Å². The van der Waals surface area contributed by atoms with Gasteiger partial charge in [-0.15, -0.1) is 11.3 Å². The quantitative estimate of drug-likeness (QED) is 0.179. The van der Waals surface area contributed by atoms with Crippen molar-refractivity contribution in [1.29, 1.82) is 0 Å². The molecule has 4 N–H and O–H groups in total. The van der Waals surface area contributed by atoms with E-state index in [-0.39, 0.29) is 0 Å². The summed E-state index contributed by atoms with van der Waals surface area (Å²) in [5, 5.41) is 35.9. The lowest BCUT2D eigenvalue weighted by Gasteiger charge is -2.18. The highest BCUT2D eigenvalue weighted by atomic mass is 32.1. The van der Waals surface area contributed by atoms with Crippen molar-refractivity contribution in [2.75, 3.05) is 33.4 Å². The van der Waals surface area contributed by atoms with E-state index in [9.17, 15) is 14.4 Å². The zero-order valence-corrected chi connectivity index (χ0v) is 24.7. The number of hydrogen-bond acceptors (Lipinski definition) is 8. The Balaban J connectivity index is 0.000000401. The van der Waals surface area contributed by atoms with Gasteiger partial charge in [-0.2, -0.15) is 0 Å². The first-order valence-corrected chi connectivity index (χ1v) is 14.1. The maximum atomic E-state index is 10.3. The first kappa shape index (κ1) is 34.0. The number of carbonyl (C=O) groups is 3. The number of ether oxygens (including phenoxy) is 2. The molecule has 2 aromatic carbocycles. The number of nitrogens with zero attached hydrogens (tertiary/aromatic N) is 1. The van der Waals surface area contributed by atoms with Gasteiger partial charge in [-0.1, -0.05) is 44.2 Å². The molecule has 0 aliphatic rings. The van der Waals surface area contributed by atoms with Gasteiger partial charge in [0.2, 0.25) is 0 Å². The van der Waals surface area contributed by atoms with Crippen LogP contribution in [0.3, 0.4) is 0 Å². The van der Waals surface area contributed by atoms with Gasteiger partial charge in [0.1, 0.15) is 18.1 Å².